The van der Waals surface area contributed by atoms with Gasteiger partial charge in [-0.3, -0.25) is 0 Å². The Hall–Kier alpha value is -0.600. The summed E-state index contributed by atoms with van der Waals surface area (Å²) in [7, 11) is 0. The molecule has 1 nitrogen and oxygen atoms in total. The summed E-state index contributed by atoms with van der Waals surface area (Å²) in [4.78, 5) is 0. The second-order valence-electron chi connectivity index (χ2n) is 3.25. The molecule has 0 spiro atoms. The van der Waals surface area contributed by atoms with Crippen molar-refractivity contribution in [2.45, 2.75) is 18.9 Å². The molecule has 70 valence electrons. The molecule has 0 fully saturated rings. The molecule has 1 N–H and O–H groups in total. The maximum Gasteiger partial charge on any atom is 0.0913 e. The van der Waals surface area contributed by atoms with E-state index >= 15 is 0 Å². The smallest absolute Gasteiger partial charge is 0.0913 e. The van der Waals surface area contributed by atoms with Crippen LogP contribution in [0.5, 0.6) is 0 Å². The van der Waals surface area contributed by atoms with Crippen molar-refractivity contribution < 1.29 is 5.11 Å². The molecule has 0 aliphatic carbocycles. The fourth-order valence-electron chi connectivity index (χ4n) is 1.29. The van der Waals surface area contributed by atoms with Gasteiger partial charge in [0.15, 0.2) is 0 Å². The van der Waals surface area contributed by atoms with Gasteiger partial charge >= 0.3 is 0 Å². The Morgan fingerprint density at radius 1 is 1.54 bits per heavy atom. The van der Waals surface area contributed by atoms with Gasteiger partial charge in [0.05, 0.1) is 5.60 Å². The van der Waals surface area contributed by atoms with Gasteiger partial charge < -0.3 is 5.11 Å². The Morgan fingerprint density at radius 2 is 2.15 bits per heavy atom. The van der Waals surface area contributed by atoms with Crippen molar-refractivity contribution >= 4 is 15.9 Å². The van der Waals surface area contributed by atoms with Crippen molar-refractivity contribution in [3.05, 3.63) is 47.0 Å². The summed E-state index contributed by atoms with van der Waals surface area (Å²) in [6.45, 7) is 5.41. The molecule has 1 aromatic rings. The van der Waals surface area contributed by atoms with Crippen LogP contribution in [0, 0.1) is 0 Å². The molecule has 1 aromatic carbocycles. The van der Waals surface area contributed by atoms with Gasteiger partial charge in [-0.1, -0.05) is 40.2 Å². The second kappa shape index (κ2) is 4.07. The Morgan fingerprint density at radius 3 is 2.69 bits per heavy atom. The van der Waals surface area contributed by atoms with Crippen molar-refractivity contribution in [2.24, 2.45) is 0 Å². The molecular formula is C11H13BrO. The van der Waals surface area contributed by atoms with Crippen LogP contribution in [0.15, 0.2) is 41.4 Å². The molecule has 0 bridgehead atoms. The summed E-state index contributed by atoms with van der Waals surface area (Å²) in [5.74, 6) is 0. The van der Waals surface area contributed by atoms with Gasteiger partial charge in [-0.2, -0.15) is 0 Å². The molecular weight excluding hydrogens is 228 g/mol. The van der Waals surface area contributed by atoms with Gasteiger partial charge in [0.2, 0.25) is 0 Å². The van der Waals surface area contributed by atoms with E-state index in [1.165, 1.54) is 0 Å². The van der Waals surface area contributed by atoms with E-state index in [2.05, 4.69) is 22.5 Å². The zero-order chi connectivity index (χ0) is 9.90. The monoisotopic (exact) mass is 240 g/mol. The second-order valence-corrected chi connectivity index (χ2v) is 4.10. The van der Waals surface area contributed by atoms with Crippen LogP contribution in [0.4, 0.5) is 0 Å². The highest BCUT2D eigenvalue weighted by Gasteiger charge is 2.22. The van der Waals surface area contributed by atoms with Crippen LogP contribution >= 0.6 is 15.9 Å². The summed E-state index contributed by atoms with van der Waals surface area (Å²) in [6, 6.07) is 7.68. The van der Waals surface area contributed by atoms with Gasteiger partial charge in [-0.25, -0.2) is 0 Å². The molecule has 0 amide bonds. The zero-order valence-electron chi connectivity index (χ0n) is 7.63. The number of hydrogen-bond acceptors (Lipinski definition) is 1. The number of hydrogen-bond donors (Lipinski definition) is 1. The van der Waals surface area contributed by atoms with Crippen molar-refractivity contribution in [2.75, 3.05) is 0 Å². The van der Waals surface area contributed by atoms with Gasteiger partial charge in [0, 0.05) is 4.47 Å². The third-order valence-corrected chi connectivity index (χ3v) is 2.69. The molecule has 1 rings (SSSR count). The predicted octanol–water partition coefficient (Wildman–Crippen LogP) is 3.23. The van der Waals surface area contributed by atoms with E-state index < -0.39 is 5.60 Å². The molecule has 0 aliphatic rings. The average Bonchev–Trinajstić information content (AvgIpc) is 2.04. The first-order valence-electron chi connectivity index (χ1n) is 4.16. The van der Waals surface area contributed by atoms with E-state index in [-0.39, 0.29) is 0 Å². The normalized spacial score (nSPS) is 15.0. The van der Waals surface area contributed by atoms with Crippen LogP contribution in [-0.2, 0) is 5.60 Å². The molecule has 1 atom stereocenters. The highest BCUT2D eigenvalue weighted by atomic mass is 79.9. The first-order valence-corrected chi connectivity index (χ1v) is 4.95. The minimum atomic E-state index is -0.832. The number of rotatable bonds is 3. The summed E-state index contributed by atoms with van der Waals surface area (Å²) in [6.07, 6.45) is 2.27. The highest BCUT2D eigenvalue weighted by molar-refractivity contribution is 9.10. The summed E-state index contributed by atoms with van der Waals surface area (Å²) in [5, 5.41) is 10.1. The molecule has 0 radical (unpaired) electrons. The van der Waals surface area contributed by atoms with Crippen LogP contribution in [-0.4, -0.2) is 5.11 Å². The largest absolute Gasteiger partial charge is 0.385 e. The van der Waals surface area contributed by atoms with Crippen molar-refractivity contribution in [3.63, 3.8) is 0 Å². The van der Waals surface area contributed by atoms with Crippen LogP contribution in [0.2, 0.25) is 0 Å². The zero-order valence-corrected chi connectivity index (χ0v) is 9.21. The molecule has 2 heteroatoms. The summed E-state index contributed by atoms with van der Waals surface area (Å²) < 4.78 is 0.932. The standard InChI is InChI=1S/C11H13BrO/c1-3-8-11(2,13)9-6-4-5-7-10(9)12/h3-7,13H,1,8H2,2H3/t11-/m0/s1. The topological polar surface area (TPSA) is 20.2 Å². The third-order valence-electron chi connectivity index (χ3n) is 2.00. The van der Waals surface area contributed by atoms with Crippen LogP contribution in [0.3, 0.4) is 0 Å². The molecule has 13 heavy (non-hydrogen) atoms. The highest BCUT2D eigenvalue weighted by Crippen LogP contribution is 2.30. The Balaban J connectivity index is 3.06. The van der Waals surface area contributed by atoms with Crippen LogP contribution in [0.25, 0.3) is 0 Å². The van der Waals surface area contributed by atoms with E-state index in [0.717, 1.165) is 10.0 Å². The molecule has 0 saturated heterocycles. The van der Waals surface area contributed by atoms with Crippen molar-refractivity contribution in [1.29, 1.82) is 0 Å². The Labute approximate surface area is 87.2 Å². The fraction of sp³-hybridized carbons (Fsp3) is 0.273. The van der Waals surface area contributed by atoms with E-state index in [0.29, 0.717) is 6.42 Å². The van der Waals surface area contributed by atoms with E-state index in [1.807, 2.05) is 24.3 Å². The van der Waals surface area contributed by atoms with Crippen molar-refractivity contribution in [1.82, 2.24) is 0 Å². The van der Waals surface area contributed by atoms with Gasteiger partial charge in [0.25, 0.3) is 0 Å². The van der Waals surface area contributed by atoms with Crippen LogP contribution in [0.1, 0.15) is 18.9 Å². The van der Waals surface area contributed by atoms with Crippen LogP contribution < -0.4 is 0 Å². The molecule has 0 aliphatic heterocycles. The number of benzene rings is 1. The van der Waals surface area contributed by atoms with E-state index in [4.69, 9.17) is 0 Å². The minimum absolute atomic E-state index is 0.551. The Kier molecular flexibility index (Phi) is 3.28. The molecule has 0 saturated carbocycles. The quantitative estimate of drug-likeness (QED) is 0.805. The average molecular weight is 241 g/mol. The third kappa shape index (κ3) is 2.42. The lowest BCUT2D eigenvalue weighted by molar-refractivity contribution is 0.0599. The molecule has 0 aromatic heterocycles. The SMILES string of the molecule is C=CC[C@](C)(O)c1ccccc1Br. The van der Waals surface area contributed by atoms with Gasteiger partial charge in [-0.15, -0.1) is 6.58 Å². The lowest BCUT2D eigenvalue weighted by Crippen LogP contribution is -2.20. The van der Waals surface area contributed by atoms with E-state index in [1.54, 1.807) is 13.0 Å². The van der Waals surface area contributed by atoms with Crippen molar-refractivity contribution in [3.8, 4) is 0 Å². The minimum Gasteiger partial charge on any atom is -0.385 e. The predicted molar refractivity (Wildman–Crippen MR) is 58.5 cm³/mol. The maximum atomic E-state index is 10.1. The molecule has 0 unspecified atom stereocenters. The summed E-state index contributed by atoms with van der Waals surface area (Å²) >= 11 is 3.41. The lowest BCUT2D eigenvalue weighted by Gasteiger charge is -2.23. The number of halogens is 1. The van der Waals surface area contributed by atoms with E-state index in [9.17, 15) is 5.11 Å². The number of aliphatic hydroxyl groups is 1. The molecule has 0 heterocycles. The van der Waals surface area contributed by atoms with Gasteiger partial charge in [0.1, 0.15) is 0 Å². The first-order chi connectivity index (χ1) is 6.08. The maximum absolute atomic E-state index is 10.1. The van der Waals surface area contributed by atoms with Gasteiger partial charge in [-0.05, 0) is 25.0 Å². The summed E-state index contributed by atoms with van der Waals surface area (Å²) in [5.41, 5.74) is 0.0666. The Bertz CT molecular complexity index is 305. The lowest BCUT2D eigenvalue weighted by atomic mass is 9.93. The fourth-order valence-corrected chi connectivity index (χ4v) is 2.00. The first kappa shape index (κ1) is 10.5.